The van der Waals surface area contributed by atoms with Gasteiger partial charge in [-0.25, -0.2) is 4.98 Å². The summed E-state index contributed by atoms with van der Waals surface area (Å²) >= 11 is 0. The lowest BCUT2D eigenvalue weighted by Gasteiger charge is -2.15. The Morgan fingerprint density at radius 1 is 1.42 bits per heavy atom. The van der Waals surface area contributed by atoms with Gasteiger partial charge in [0.2, 0.25) is 5.95 Å². The minimum absolute atomic E-state index is 0.354. The SMILES string of the molecule is CCOCCCn1cc(C)nc1NC(C)CCOC. The van der Waals surface area contributed by atoms with Crippen LogP contribution in [-0.2, 0) is 16.0 Å². The van der Waals surface area contributed by atoms with Crippen molar-refractivity contribution in [3.8, 4) is 0 Å². The van der Waals surface area contributed by atoms with E-state index in [1.807, 2.05) is 13.8 Å². The van der Waals surface area contributed by atoms with Crippen molar-refractivity contribution in [3.05, 3.63) is 11.9 Å². The third-order valence-electron chi connectivity index (χ3n) is 2.92. The number of aromatic nitrogens is 2. The molecule has 0 saturated carbocycles. The third kappa shape index (κ3) is 6.07. The van der Waals surface area contributed by atoms with Gasteiger partial charge in [0.15, 0.2) is 0 Å². The van der Waals surface area contributed by atoms with Crippen LogP contribution in [0.2, 0.25) is 0 Å². The Bertz CT molecular complexity index is 352. The summed E-state index contributed by atoms with van der Waals surface area (Å²) in [5.41, 5.74) is 1.04. The average molecular weight is 269 g/mol. The molecule has 1 aromatic rings. The highest BCUT2D eigenvalue weighted by atomic mass is 16.5. The van der Waals surface area contributed by atoms with Crippen LogP contribution in [0.1, 0.15) is 32.4 Å². The fourth-order valence-electron chi connectivity index (χ4n) is 1.90. The van der Waals surface area contributed by atoms with Gasteiger partial charge in [0.05, 0.1) is 5.69 Å². The maximum atomic E-state index is 5.37. The summed E-state index contributed by atoms with van der Waals surface area (Å²) in [6.45, 7) is 9.45. The molecule has 0 saturated heterocycles. The predicted octanol–water partition coefficient (Wildman–Crippen LogP) is 2.46. The molecule has 0 aliphatic carbocycles. The van der Waals surface area contributed by atoms with Crippen LogP contribution < -0.4 is 5.32 Å². The topological polar surface area (TPSA) is 48.3 Å². The van der Waals surface area contributed by atoms with Crippen molar-refractivity contribution in [2.75, 3.05) is 32.2 Å². The number of imidazole rings is 1. The molecule has 19 heavy (non-hydrogen) atoms. The van der Waals surface area contributed by atoms with Gasteiger partial charge in [-0.15, -0.1) is 0 Å². The number of methoxy groups -OCH3 is 1. The van der Waals surface area contributed by atoms with E-state index in [1.165, 1.54) is 0 Å². The number of ether oxygens (including phenoxy) is 2. The molecule has 1 heterocycles. The number of rotatable bonds is 10. The third-order valence-corrected chi connectivity index (χ3v) is 2.92. The molecule has 0 amide bonds. The van der Waals surface area contributed by atoms with Crippen LogP contribution in [-0.4, -0.2) is 42.5 Å². The van der Waals surface area contributed by atoms with Crippen LogP contribution in [0.15, 0.2) is 6.20 Å². The van der Waals surface area contributed by atoms with Gasteiger partial charge in [0.25, 0.3) is 0 Å². The van der Waals surface area contributed by atoms with Crippen LogP contribution in [0.4, 0.5) is 5.95 Å². The zero-order valence-electron chi connectivity index (χ0n) is 12.6. The molecule has 110 valence electrons. The van der Waals surface area contributed by atoms with E-state index in [-0.39, 0.29) is 0 Å². The van der Waals surface area contributed by atoms with Crippen LogP contribution in [0.25, 0.3) is 0 Å². The van der Waals surface area contributed by atoms with Crippen molar-refractivity contribution in [2.24, 2.45) is 0 Å². The summed E-state index contributed by atoms with van der Waals surface area (Å²) in [5, 5.41) is 3.44. The molecule has 0 spiro atoms. The first-order chi connectivity index (χ1) is 9.17. The lowest BCUT2D eigenvalue weighted by Crippen LogP contribution is -2.20. The van der Waals surface area contributed by atoms with E-state index in [0.717, 1.165) is 50.8 Å². The summed E-state index contributed by atoms with van der Waals surface area (Å²) in [4.78, 5) is 4.53. The fraction of sp³-hybridized carbons (Fsp3) is 0.786. The lowest BCUT2D eigenvalue weighted by molar-refractivity contribution is 0.142. The minimum Gasteiger partial charge on any atom is -0.385 e. The monoisotopic (exact) mass is 269 g/mol. The maximum Gasteiger partial charge on any atom is 0.203 e. The molecular weight excluding hydrogens is 242 g/mol. The Balaban J connectivity index is 2.47. The first-order valence-electron chi connectivity index (χ1n) is 7.04. The van der Waals surface area contributed by atoms with Gasteiger partial charge in [-0.2, -0.15) is 0 Å². The Labute approximate surface area is 116 Å². The van der Waals surface area contributed by atoms with E-state index < -0.39 is 0 Å². The fourth-order valence-corrected chi connectivity index (χ4v) is 1.90. The number of hydrogen-bond donors (Lipinski definition) is 1. The molecule has 0 fully saturated rings. The van der Waals surface area contributed by atoms with Gasteiger partial charge < -0.3 is 19.4 Å². The number of nitrogens with one attached hydrogen (secondary N) is 1. The second kappa shape index (κ2) is 8.93. The largest absolute Gasteiger partial charge is 0.385 e. The van der Waals surface area contributed by atoms with E-state index in [2.05, 4.69) is 28.0 Å². The summed E-state index contributed by atoms with van der Waals surface area (Å²) < 4.78 is 12.6. The molecule has 5 nitrogen and oxygen atoms in total. The molecule has 1 N–H and O–H groups in total. The molecular formula is C14H27N3O2. The predicted molar refractivity (Wildman–Crippen MR) is 77.7 cm³/mol. The normalized spacial score (nSPS) is 12.6. The average Bonchev–Trinajstić information content (AvgIpc) is 2.72. The van der Waals surface area contributed by atoms with Crippen molar-refractivity contribution in [1.82, 2.24) is 9.55 Å². The van der Waals surface area contributed by atoms with E-state index in [9.17, 15) is 0 Å². The van der Waals surface area contributed by atoms with Gasteiger partial charge >= 0.3 is 0 Å². The highest BCUT2D eigenvalue weighted by molar-refractivity contribution is 5.29. The molecule has 5 heteroatoms. The van der Waals surface area contributed by atoms with E-state index in [1.54, 1.807) is 7.11 Å². The van der Waals surface area contributed by atoms with Gasteiger partial charge in [-0.1, -0.05) is 0 Å². The zero-order chi connectivity index (χ0) is 14.1. The van der Waals surface area contributed by atoms with E-state index in [0.29, 0.717) is 6.04 Å². The maximum absolute atomic E-state index is 5.37. The summed E-state index contributed by atoms with van der Waals surface area (Å²) in [7, 11) is 1.73. The number of nitrogens with zero attached hydrogens (tertiary/aromatic N) is 2. The Morgan fingerprint density at radius 2 is 2.21 bits per heavy atom. The number of hydrogen-bond acceptors (Lipinski definition) is 4. The second-order valence-corrected chi connectivity index (χ2v) is 4.78. The Hall–Kier alpha value is -1.07. The minimum atomic E-state index is 0.354. The highest BCUT2D eigenvalue weighted by Gasteiger charge is 2.08. The molecule has 1 atom stereocenters. The molecule has 0 aliphatic heterocycles. The van der Waals surface area contributed by atoms with Crippen LogP contribution in [0.3, 0.4) is 0 Å². The van der Waals surface area contributed by atoms with Crippen molar-refractivity contribution in [2.45, 2.75) is 46.2 Å². The van der Waals surface area contributed by atoms with E-state index >= 15 is 0 Å². The quantitative estimate of drug-likeness (QED) is 0.663. The number of aryl methyl sites for hydroxylation is 2. The van der Waals surface area contributed by atoms with Gasteiger partial charge in [0, 0.05) is 45.7 Å². The second-order valence-electron chi connectivity index (χ2n) is 4.78. The summed E-state index contributed by atoms with van der Waals surface area (Å²) in [6, 6.07) is 0.354. The first kappa shape index (κ1) is 16.0. The molecule has 0 bridgehead atoms. The molecule has 0 aromatic carbocycles. The molecule has 1 rings (SSSR count). The van der Waals surface area contributed by atoms with Crippen molar-refractivity contribution in [3.63, 3.8) is 0 Å². The number of anilines is 1. The molecule has 0 aliphatic rings. The van der Waals surface area contributed by atoms with Gasteiger partial charge in [0.1, 0.15) is 0 Å². The molecule has 1 unspecified atom stereocenters. The van der Waals surface area contributed by atoms with Gasteiger partial charge in [-0.3, -0.25) is 0 Å². The van der Waals surface area contributed by atoms with Crippen LogP contribution in [0, 0.1) is 6.92 Å². The Kier molecular flexibility index (Phi) is 7.52. The molecule has 0 radical (unpaired) electrons. The van der Waals surface area contributed by atoms with Crippen LogP contribution in [0.5, 0.6) is 0 Å². The standard InChI is InChI=1S/C14H27N3O2/c1-5-19-9-6-8-17-11-13(3)16-14(17)15-12(2)7-10-18-4/h11-12H,5-10H2,1-4H3,(H,15,16). The van der Waals surface area contributed by atoms with Crippen molar-refractivity contribution in [1.29, 1.82) is 0 Å². The summed E-state index contributed by atoms with van der Waals surface area (Å²) in [6.07, 6.45) is 4.06. The van der Waals surface area contributed by atoms with Gasteiger partial charge in [-0.05, 0) is 33.6 Å². The Morgan fingerprint density at radius 3 is 2.89 bits per heavy atom. The zero-order valence-corrected chi connectivity index (χ0v) is 12.6. The van der Waals surface area contributed by atoms with Crippen molar-refractivity contribution < 1.29 is 9.47 Å². The smallest absolute Gasteiger partial charge is 0.203 e. The first-order valence-corrected chi connectivity index (χ1v) is 7.04. The van der Waals surface area contributed by atoms with Crippen molar-refractivity contribution >= 4 is 5.95 Å². The lowest BCUT2D eigenvalue weighted by atomic mass is 10.2. The highest BCUT2D eigenvalue weighted by Crippen LogP contribution is 2.11. The van der Waals surface area contributed by atoms with Crippen LogP contribution >= 0.6 is 0 Å². The molecule has 1 aromatic heterocycles. The summed E-state index contributed by atoms with van der Waals surface area (Å²) in [5.74, 6) is 0.942. The van der Waals surface area contributed by atoms with E-state index in [4.69, 9.17) is 9.47 Å².